The van der Waals surface area contributed by atoms with E-state index in [2.05, 4.69) is 18.3 Å². The Hall–Kier alpha value is -3.60. The minimum absolute atomic E-state index is 0.0139. The van der Waals surface area contributed by atoms with Gasteiger partial charge in [-0.15, -0.1) is 0 Å². The maximum absolute atomic E-state index is 13.6. The molecule has 2 amide bonds. The summed E-state index contributed by atoms with van der Waals surface area (Å²) in [6.07, 6.45) is 2.17. The van der Waals surface area contributed by atoms with Gasteiger partial charge in [0.1, 0.15) is 11.8 Å². The first-order chi connectivity index (χ1) is 17.4. The van der Waals surface area contributed by atoms with Crippen LogP contribution in [0.25, 0.3) is 0 Å². The molecule has 0 aliphatic rings. The van der Waals surface area contributed by atoms with Crippen molar-refractivity contribution in [2.24, 2.45) is 0 Å². The zero-order valence-electron chi connectivity index (χ0n) is 21.9. The Balaban J connectivity index is 1.89. The van der Waals surface area contributed by atoms with E-state index in [1.165, 1.54) is 5.56 Å². The standard InChI is InChI=1S/C31H38N2O3/c1-5-24(4)32-31(35)29(20-26-12-8-7-9-13-26)33(21-27-14-10-11-23(3)19-27)30(34)22-36-28-17-15-25(6-2)16-18-28/h7-19,24,29H,5-6,20-22H2,1-4H3,(H,32,35)/t24-,29+/m1/s1. The SMILES string of the molecule is CCc1ccc(OCC(=O)N(Cc2cccc(C)c2)[C@@H](Cc2ccccc2)C(=O)N[C@H](C)CC)cc1. The number of nitrogens with zero attached hydrogens (tertiary/aromatic N) is 1. The summed E-state index contributed by atoms with van der Waals surface area (Å²) >= 11 is 0. The van der Waals surface area contributed by atoms with Gasteiger partial charge in [0, 0.05) is 19.0 Å². The summed E-state index contributed by atoms with van der Waals surface area (Å²) in [5.41, 5.74) is 4.29. The fourth-order valence-corrected chi connectivity index (χ4v) is 4.05. The van der Waals surface area contributed by atoms with Crippen LogP contribution in [0.4, 0.5) is 0 Å². The molecule has 3 rings (SSSR count). The van der Waals surface area contributed by atoms with Crippen LogP contribution in [0, 0.1) is 6.92 Å². The van der Waals surface area contributed by atoms with Gasteiger partial charge in [-0.25, -0.2) is 0 Å². The fourth-order valence-electron chi connectivity index (χ4n) is 4.05. The maximum Gasteiger partial charge on any atom is 0.261 e. The lowest BCUT2D eigenvalue weighted by atomic mass is 10.0. The van der Waals surface area contributed by atoms with E-state index in [-0.39, 0.29) is 24.5 Å². The Kier molecular flexibility index (Phi) is 10.1. The lowest BCUT2D eigenvalue weighted by Gasteiger charge is -2.32. The van der Waals surface area contributed by atoms with Crippen molar-refractivity contribution >= 4 is 11.8 Å². The van der Waals surface area contributed by atoms with Crippen molar-refractivity contribution in [3.63, 3.8) is 0 Å². The molecule has 5 nitrogen and oxygen atoms in total. The number of nitrogens with one attached hydrogen (secondary N) is 1. The summed E-state index contributed by atoms with van der Waals surface area (Å²) in [4.78, 5) is 28.8. The van der Waals surface area contributed by atoms with Crippen molar-refractivity contribution in [1.82, 2.24) is 10.2 Å². The molecule has 1 N–H and O–H groups in total. The van der Waals surface area contributed by atoms with Crippen LogP contribution in [-0.2, 0) is 29.0 Å². The largest absolute Gasteiger partial charge is 0.484 e. The van der Waals surface area contributed by atoms with Crippen molar-refractivity contribution in [3.05, 3.63) is 101 Å². The minimum atomic E-state index is -0.666. The third kappa shape index (κ3) is 7.98. The Morgan fingerprint density at radius 1 is 0.889 bits per heavy atom. The number of amides is 2. The molecule has 0 unspecified atom stereocenters. The lowest BCUT2D eigenvalue weighted by molar-refractivity contribution is -0.143. The molecule has 0 aromatic heterocycles. The second kappa shape index (κ2) is 13.5. The average molecular weight is 487 g/mol. The molecule has 0 fully saturated rings. The highest BCUT2D eigenvalue weighted by molar-refractivity contribution is 5.88. The van der Waals surface area contributed by atoms with Gasteiger partial charge < -0.3 is 15.0 Å². The molecule has 36 heavy (non-hydrogen) atoms. The number of hydrogen-bond donors (Lipinski definition) is 1. The van der Waals surface area contributed by atoms with Gasteiger partial charge in [-0.2, -0.15) is 0 Å². The summed E-state index contributed by atoms with van der Waals surface area (Å²) < 4.78 is 5.87. The van der Waals surface area contributed by atoms with Crippen molar-refractivity contribution in [2.75, 3.05) is 6.61 Å². The minimum Gasteiger partial charge on any atom is -0.484 e. The molecule has 190 valence electrons. The summed E-state index contributed by atoms with van der Waals surface area (Å²) in [5.74, 6) is 0.262. The van der Waals surface area contributed by atoms with Gasteiger partial charge in [-0.05, 0) is 55.5 Å². The Morgan fingerprint density at radius 3 is 2.22 bits per heavy atom. The molecular weight excluding hydrogens is 448 g/mol. The third-order valence-electron chi connectivity index (χ3n) is 6.40. The predicted molar refractivity (Wildman–Crippen MR) is 145 cm³/mol. The topological polar surface area (TPSA) is 58.6 Å². The van der Waals surface area contributed by atoms with Crippen LogP contribution < -0.4 is 10.1 Å². The normalized spacial score (nSPS) is 12.4. The lowest BCUT2D eigenvalue weighted by Crippen LogP contribution is -2.53. The summed E-state index contributed by atoms with van der Waals surface area (Å²) in [7, 11) is 0. The molecule has 0 heterocycles. The first-order valence-electron chi connectivity index (χ1n) is 12.8. The van der Waals surface area contributed by atoms with Crippen molar-refractivity contribution < 1.29 is 14.3 Å². The monoisotopic (exact) mass is 486 g/mol. The molecule has 2 atom stereocenters. The van der Waals surface area contributed by atoms with E-state index in [1.54, 1.807) is 4.90 Å². The quantitative estimate of drug-likeness (QED) is 0.368. The molecule has 3 aromatic carbocycles. The maximum atomic E-state index is 13.6. The second-order valence-electron chi connectivity index (χ2n) is 9.32. The second-order valence-corrected chi connectivity index (χ2v) is 9.32. The van der Waals surface area contributed by atoms with Gasteiger partial charge in [0.05, 0.1) is 0 Å². The molecule has 0 saturated heterocycles. The molecule has 3 aromatic rings. The van der Waals surface area contributed by atoms with Gasteiger partial charge in [0.25, 0.3) is 5.91 Å². The van der Waals surface area contributed by atoms with E-state index in [1.807, 2.05) is 93.6 Å². The number of carbonyl (C=O) groups excluding carboxylic acids is 2. The highest BCUT2D eigenvalue weighted by atomic mass is 16.5. The van der Waals surface area contributed by atoms with Gasteiger partial charge >= 0.3 is 0 Å². The van der Waals surface area contributed by atoms with Crippen LogP contribution in [-0.4, -0.2) is 35.4 Å². The van der Waals surface area contributed by atoms with Gasteiger partial charge in [0.2, 0.25) is 5.91 Å². The van der Waals surface area contributed by atoms with E-state index in [4.69, 9.17) is 4.74 Å². The van der Waals surface area contributed by atoms with E-state index in [0.29, 0.717) is 18.7 Å². The van der Waals surface area contributed by atoms with Crippen molar-refractivity contribution in [3.8, 4) is 5.75 Å². The molecule has 0 saturated carbocycles. The molecule has 0 radical (unpaired) electrons. The summed E-state index contributed by atoms with van der Waals surface area (Å²) in [6, 6.07) is 25.0. The summed E-state index contributed by atoms with van der Waals surface area (Å²) in [5, 5.41) is 3.10. The van der Waals surface area contributed by atoms with Crippen LogP contribution in [0.2, 0.25) is 0 Å². The molecule has 0 aliphatic heterocycles. The molecule has 5 heteroatoms. The number of hydrogen-bond acceptors (Lipinski definition) is 3. The third-order valence-corrected chi connectivity index (χ3v) is 6.40. The molecular formula is C31H38N2O3. The number of rotatable bonds is 12. The smallest absolute Gasteiger partial charge is 0.261 e. The molecule has 0 aliphatic carbocycles. The highest BCUT2D eigenvalue weighted by Crippen LogP contribution is 2.18. The number of ether oxygens (including phenoxy) is 1. The Labute approximate surface area is 215 Å². The van der Waals surface area contributed by atoms with Crippen LogP contribution in [0.15, 0.2) is 78.9 Å². The highest BCUT2D eigenvalue weighted by Gasteiger charge is 2.31. The zero-order chi connectivity index (χ0) is 25.9. The van der Waals surface area contributed by atoms with Gasteiger partial charge in [-0.1, -0.05) is 86.1 Å². The van der Waals surface area contributed by atoms with Crippen molar-refractivity contribution in [1.29, 1.82) is 0 Å². The fraction of sp³-hybridized carbons (Fsp3) is 0.355. The van der Waals surface area contributed by atoms with Gasteiger partial charge in [-0.3, -0.25) is 9.59 Å². The molecule has 0 spiro atoms. The van der Waals surface area contributed by atoms with Crippen LogP contribution >= 0.6 is 0 Å². The Bertz CT molecular complexity index is 1110. The number of benzene rings is 3. The van der Waals surface area contributed by atoms with Crippen LogP contribution in [0.5, 0.6) is 5.75 Å². The first kappa shape index (κ1) is 27.0. The Morgan fingerprint density at radius 2 is 1.58 bits per heavy atom. The number of carbonyl (C=O) groups is 2. The van der Waals surface area contributed by atoms with Crippen molar-refractivity contribution in [2.45, 2.75) is 65.6 Å². The molecule has 0 bridgehead atoms. The van der Waals surface area contributed by atoms with Crippen LogP contribution in [0.3, 0.4) is 0 Å². The van der Waals surface area contributed by atoms with E-state index in [9.17, 15) is 9.59 Å². The summed E-state index contributed by atoms with van der Waals surface area (Å²) in [6.45, 7) is 8.32. The first-order valence-corrected chi connectivity index (χ1v) is 12.8. The van der Waals surface area contributed by atoms with Gasteiger partial charge in [0.15, 0.2) is 6.61 Å². The average Bonchev–Trinajstić information content (AvgIpc) is 2.90. The van der Waals surface area contributed by atoms with E-state index in [0.717, 1.165) is 29.5 Å². The van der Waals surface area contributed by atoms with E-state index >= 15 is 0 Å². The predicted octanol–water partition coefficient (Wildman–Crippen LogP) is 5.49. The van der Waals surface area contributed by atoms with E-state index < -0.39 is 6.04 Å². The van der Waals surface area contributed by atoms with Crippen LogP contribution in [0.1, 0.15) is 49.4 Å². The number of aryl methyl sites for hydroxylation is 2. The zero-order valence-corrected chi connectivity index (χ0v) is 21.9.